The third-order valence-corrected chi connectivity index (χ3v) is 20.6. The zero-order valence-electron chi connectivity index (χ0n) is 64.8. The Kier molecular flexibility index (Phi) is 70.3. The van der Waals surface area contributed by atoms with Crippen LogP contribution in [0.3, 0.4) is 0 Å². The second kappa shape index (κ2) is 71.7. The largest absolute Gasteiger partial charge is 0.472 e. The summed E-state index contributed by atoms with van der Waals surface area (Å²) in [6, 6.07) is 0. The molecule has 0 aliphatic heterocycles. The highest BCUT2D eigenvalue weighted by molar-refractivity contribution is 7.47. The summed E-state index contributed by atoms with van der Waals surface area (Å²) >= 11 is 0. The monoisotopic (exact) mass is 1450 g/mol. The maximum atomic E-state index is 13.1. The molecule has 2 unspecified atom stereocenters. The number of carbonyl (C=O) groups is 4. The van der Waals surface area contributed by atoms with Gasteiger partial charge >= 0.3 is 39.5 Å². The first-order chi connectivity index (χ1) is 47.9. The molecule has 0 aliphatic carbocycles. The van der Waals surface area contributed by atoms with E-state index in [4.69, 9.17) is 37.0 Å². The molecular weight excluding hydrogens is 1290 g/mol. The van der Waals surface area contributed by atoms with E-state index in [1.807, 2.05) is 0 Å². The molecule has 5 atom stereocenters. The molecule has 0 bridgehead atoms. The fraction of sp³-hybridized carbons (Fsp3) is 0.950. The molecule has 0 rings (SSSR count). The van der Waals surface area contributed by atoms with Gasteiger partial charge in [0.2, 0.25) is 0 Å². The lowest BCUT2D eigenvalue weighted by atomic mass is 10.0. The van der Waals surface area contributed by atoms with Gasteiger partial charge < -0.3 is 33.8 Å². The molecule has 0 saturated carbocycles. The van der Waals surface area contributed by atoms with Crippen molar-refractivity contribution in [3.8, 4) is 0 Å². The van der Waals surface area contributed by atoms with Gasteiger partial charge in [-0.05, 0) is 37.5 Å². The predicted octanol–water partition coefficient (Wildman–Crippen LogP) is 23.9. The minimum absolute atomic E-state index is 0.108. The predicted molar refractivity (Wildman–Crippen MR) is 405 cm³/mol. The molecule has 0 radical (unpaired) electrons. The number of rotatable bonds is 79. The van der Waals surface area contributed by atoms with E-state index < -0.39 is 97.5 Å². The average molecular weight is 1450 g/mol. The van der Waals surface area contributed by atoms with E-state index in [0.29, 0.717) is 25.7 Å². The molecule has 588 valence electrons. The van der Waals surface area contributed by atoms with Gasteiger partial charge in [0.15, 0.2) is 12.2 Å². The molecule has 0 aromatic rings. The first kappa shape index (κ1) is 97.1. The zero-order chi connectivity index (χ0) is 72.8. The van der Waals surface area contributed by atoms with E-state index in [0.717, 1.165) is 102 Å². The van der Waals surface area contributed by atoms with Gasteiger partial charge in [-0.15, -0.1) is 0 Å². The Morgan fingerprint density at radius 2 is 0.465 bits per heavy atom. The van der Waals surface area contributed by atoms with Crippen molar-refractivity contribution in [1.82, 2.24) is 0 Å². The van der Waals surface area contributed by atoms with Gasteiger partial charge in [0.05, 0.1) is 26.4 Å². The highest BCUT2D eigenvalue weighted by Crippen LogP contribution is 2.45. The summed E-state index contributed by atoms with van der Waals surface area (Å²) in [7, 11) is -9.92. The van der Waals surface area contributed by atoms with Gasteiger partial charge in [0.1, 0.15) is 19.3 Å². The summed E-state index contributed by atoms with van der Waals surface area (Å²) in [6.45, 7) is 9.67. The Morgan fingerprint density at radius 1 is 0.273 bits per heavy atom. The van der Waals surface area contributed by atoms with Crippen molar-refractivity contribution in [3.05, 3.63) is 0 Å². The van der Waals surface area contributed by atoms with Crippen molar-refractivity contribution in [2.45, 2.75) is 439 Å². The van der Waals surface area contributed by atoms with E-state index in [2.05, 4.69) is 41.5 Å². The summed E-state index contributed by atoms with van der Waals surface area (Å²) in [6.07, 6.45) is 60.9. The quantitative estimate of drug-likeness (QED) is 0.0222. The SMILES string of the molecule is CCCCCCCCCCCCCCCCCC(=O)O[C@H](COC(=O)CCCCCCCCCCCC)COP(=O)(O)OC[C@H](O)COP(=O)(O)OC[C@@H](COC(=O)CCCCCCCCCCCCCCCCC(C)C)OC(=O)CCCCCCCCCCCCCCCCC(C)C. The van der Waals surface area contributed by atoms with E-state index >= 15 is 0 Å². The normalized spacial score (nSPS) is 13.9. The number of unbranched alkanes of at least 4 members (excludes halogenated alkanes) is 49. The van der Waals surface area contributed by atoms with Crippen LogP contribution in [0.1, 0.15) is 420 Å². The second-order valence-electron chi connectivity index (χ2n) is 29.8. The molecule has 0 heterocycles. The Morgan fingerprint density at radius 3 is 0.687 bits per heavy atom. The fourth-order valence-corrected chi connectivity index (χ4v) is 13.9. The number of phosphoric ester groups is 2. The lowest BCUT2D eigenvalue weighted by Gasteiger charge is -2.21. The molecule has 0 amide bonds. The Hall–Kier alpha value is -1.94. The average Bonchev–Trinajstić information content (AvgIpc) is 0.974. The van der Waals surface area contributed by atoms with Crippen molar-refractivity contribution in [1.29, 1.82) is 0 Å². The number of carbonyl (C=O) groups excluding carboxylic acids is 4. The van der Waals surface area contributed by atoms with Crippen LogP contribution in [0.2, 0.25) is 0 Å². The first-order valence-electron chi connectivity index (χ1n) is 41.5. The van der Waals surface area contributed by atoms with Gasteiger partial charge in [-0.25, -0.2) is 9.13 Å². The molecule has 19 heteroatoms. The van der Waals surface area contributed by atoms with Crippen molar-refractivity contribution < 1.29 is 80.2 Å². The molecule has 99 heavy (non-hydrogen) atoms. The number of ether oxygens (including phenoxy) is 4. The number of hydrogen-bond donors (Lipinski definition) is 3. The van der Waals surface area contributed by atoms with E-state index in [1.165, 1.54) is 238 Å². The van der Waals surface area contributed by atoms with Crippen LogP contribution in [-0.4, -0.2) is 96.7 Å². The van der Waals surface area contributed by atoms with E-state index in [-0.39, 0.29) is 25.7 Å². The minimum Gasteiger partial charge on any atom is -0.462 e. The lowest BCUT2D eigenvalue weighted by molar-refractivity contribution is -0.161. The van der Waals surface area contributed by atoms with Crippen LogP contribution in [0.5, 0.6) is 0 Å². The van der Waals surface area contributed by atoms with Crippen LogP contribution in [0.4, 0.5) is 0 Å². The Balaban J connectivity index is 5.24. The van der Waals surface area contributed by atoms with E-state index in [9.17, 15) is 43.2 Å². The third-order valence-electron chi connectivity index (χ3n) is 18.7. The minimum atomic E-state index is -4.96. The van der Waals surface area contributed by atoms with Crippen LogP contribution < -0.4 is 0 Å². The van der Waals surface area contributed by atoms with Gasteiger partial charge in [0.25, 0.3) is 0 Å². The topological polar surface area (TPSA) is 237 Å². The van der Waals surface area contributed by atoms with Crippen LogP contribution in [0.15, 0.2) is 0 Å². The molecular formula is C80H156O17P2. The standard InChI is InChI=1S/C80H156O17P2/c1-7-9-11-13-15-17-19-20-21-29-34-40-46-52-58-64-79(84)96-75(68-90-77(82)62-56-50-44-38-18-16-14-12-10-8-2)70-94-98(86,87)92-66-74(81)67-93-99(88,89)95-71-76(97-80(85)65-59-53-47-41-35-30-25-23-27-32-37-43-49-55-61-73(5)6)69-91-78(83)63-57-51-45-39-33-28-24-22-26-31-36-42-48-54-60-72(3)4/h72-76,81H,7-71H2,1-6H3,(H,86,87)(H,88,89)/t74-,75+,76+/m0/s1. The summed E-state index contributed by atoms with van der Waals surface area (Å²) in [5.41, 5.74) is 0. The van der Waals surface area contributed by atoms with Gasteiger partial charge in [0, 0.05) is 25.7 Å². The highest BCUT2D eigenvalue weighted by Gasteiger charge is 2.30. The van der Waals surface area contributed by atoms with Gasteiger partial charge in [-0.1, -0.05) is 369 Å². The van der Waals surface area contributed by atoms with Crippen molar-refractivity contribution in [2.24, 2.45) is 11.8 Å². The molecule has 0 saturated heterocycles. The van der Waals surface area contributed by atoms with Crippen molar-refractivity contribution in [2.75, 3.05) is 39.6 Å². The molecule has 3 N–H and O–H groups in total. The van der Waals surface area contributed by atoms with Gasteiger partial charge in [-0.2, -0.15) is 0 Å². The maximum absolute atomic E-state index is 13.1. The fourth-order valence-electron chi connectivity index (χ4n) is 12.4. The molecule has 0 aromatic carbocycles. The number of aliphatic hydroxyl groups is 1. The van der Waals surface area contributed by atoms with Crippen LogP contribution in [0, 0.1) is 11.8 Å². The zero-order valence-corrected chi connectivity index (χ0v) is 66.6. The first-order valence-corrected chi connectivity index (χ1v) is 44.5. The van der Waals surface area contributed by atoms with Crippen molar-refractivity contribution in [3.63, 3.8) is 0 Å². The number of phosphoric acid groups is 2. The Bertz CT molecular complexity index is 1910. The van der Waals surface area contributed by atoms with Crippen molar-refractivity contribution >= 4 is 39.5 Å². The van der Waals surface area contributed by atoms with E-state index in [1.54, 1.807) is 0 Å². The summed E-state index contributed by atoms with van der Waals surface area (Å²) in [5, 5.41) is 10.6. The summed E-state index contributed by atoms with van der Waals surface area (Å²) in [5.74, 6) is -0.514. The molecule has 0 fully saturated rings. The maximum Gasteiger partial charge on any atom is 0.472 e. The molecule has 0 aromatic heterocycles. The van der Waals surface area contributed by atoms with Crippen LogP contribution in [0.25, 0.3) is 0 Å². The lowest BCUT2D eigenvalue weighted by Crippen LogP contribution is -2.30. The summed E-state index contributed by atoms with van der Waals surface area (Å²) < 4.78 is 68.7. The number of hydrogen-bond acceptors (Lipinski definition) is 15. The molecule has 17 nitrogen and oxygen atoms in total. The molecule has 0 spiro atoms. The smallest absolute Gasteiger partial charge is 0.462 e. The van der Waals surface area contributed by atoms with Crippen LogP contribution in [-0.2, 0) is 65.4 Å². The second-order valence-corrected chi connectivity index (χ2v) is 32.7. The Labute approximate surface area is 607 Å². The summed E-state index contributed by atoms with van der Waals surface area (Å²) in [4.78, 5) is 73.0. The third kappa shape index (κ3) is 74.1. The molecule has 0 aliphatic rings. The van der Waals surface area contributed by atoms with Gasteiger partial charge in [-0.3, -0.25) is 37.3 Å². The number of esters is 4. The highest BCUT2D eigenvalue weighted by atomic mass is 31.2. The number of aliphatic hydroxyl groups excluding tert-OH is 1. The van der Waals surface area contributed by atoms with Crippen LogP contribution >= 0.6 is 15.6 Å².